The van der Waals surface area contributed by atoms with E-state index in [1.807, 2.05) is 54.6 Å². The molecule has 2 atom stereocenters. The number of fused-ring (bicyclic) bond motifs is 1. The van der Waals surface area contributed by atoms with E-state index in [1.165, 1.54) is 18.2 Å². The first kappa shape index (κ1) is 21.1. The normalized spacial score (nSPS) is 20.2. The van der Waals surface area contributed by atoms with E-state index >= 15 is 0 Å². The number of para-hydroxylation sites is 2. The first-order chi connectivity index (χ1) is 15.9. The Balaban J connectivity index is 1.58. The van der Waals surface area contributed by atoms with Crippen molar-refractivity contribution in [2.24, 2.45) is 0 Å². The van der Waals surface area contributed by atoms with E-state index in [1.54, 1.807) is 6.07 Å². The Morgan fingerprint density at radius 2 is 1.52 bits per heavy atom. The second-order valence-electron chi connectivity index (χ2n) is 8.20. The molecule has 0 fully saturated rings. The lowest BCUT2D eigenvalue weighted by molar-refractivity contribution is -0.274. The van der Waals surface area contributed by atoms with Crippen LogP contribution >= 0.6 is 0 Å². The summed E-state index contributed by atoms with van der Waals surface area (Å²) in [5, 5.41) is 6.80. The Hall–Kier alpha value is -3.74. The monoisotopic (exact) mass is 450 g/mol. The van der Waals surface area contributed by atoms with E-state index < -0.39 is 12.4 Å². The minimum atomic E-state index is -4.79. The maximum Gasteiger partial charge on any atom is 0.573 e. The summed E-state index contributed by atoms with van der Waals surface area (Å²) in [6.45, 7) is 0. The molecule has 0 bridgehead atoms. The van der Waals surface area contributed by atoms with E-state index in [2.05, 4.69) is 15.4 Å². The van der Waals surface area contributed by atoms with Crippen LogP contribution in [0.5, 0.6) is 5.75 Å². The van der Waals surface area contributed by atoms with Gasteiger partial charge in [-0.3, -0.25) is 4.79 Å². The van der Waals surface area contributed by atoms with Gasteiger partial charge in [0.05, 0.1) is 17.4 Å². The van der Waals surface area contributed by atoms with Gasteiger partial charge in [0.2, 0.25) is 0 Å². The summed E-state index contributed by atoms with van der Waals surface area (Å²) in [4.78, 5) is 13.5. The summed E-state index contributed by atoms with van der Waals surface area (Å²) >= 11 is 0. The second-order valence-corrected chi connectivity index (χ2v) is 8.20. The van der Waals surface area contributed by atoms with Gasteiger partial charge in [-0.2, -0.15) is 0 Å². The van der Waals surface area contributed by atoms with Crippen LogP contribution in [0.4, 0.5) is 24.5 Å². The highest BCUT2D eigenvalue weighted by molar-refractivity contribution is 6.01. The number of anilines is 2. The molecule has 3 aromatic rings. The molecular formula is C26H21F3N2O2. The molecule has 0 aromatic heterocycles. The SMILES string of the molecule is O=C1C[C@@H](c2ccccc2)CC2=C1[C@@H](c1cccc(OC(F)(F)F)c1)Nc1ccccc1N2. The number of benzene rings is 3. The Labute approximate surface area is 189 Å². The van der Waals surface area contributed by atoms with Crippen molar-refractivity contribution in [1.82, 2.24) is 0 Å². The second kappa shape index (κ2) is 8.31. The van der Waals surface area contributed by atoms with Gasteiger partial charge in [-0.1, -0.05) is 54.6 Å². The molecule has 0 spiro atoms. The van der Waals surface area contributed by atoms with Crippen LogP contribution in [0.3, 0.4) is 0 Å². The summed E-state index contributed by atoms with van der Waals surface area (Å²) < 4.78 is 42.5. The fraction of sp³-hybridized carbons (Fsp3) is 0.192. The standard InChI is InChI=1S/C26H21F3N2O2/c27-26(28,29)33-19-10-6-9-17(13-19)25-24-22(30-20-11-4-5-12-21(20)31-25)14-18(15-23(24)32)16-7-2-1-3-8-16/h1-13,18,25,30-31H,14-15H2/t18-,25+/m0/s1. The van der Waals surface area contributed by atoms with Crippen LogP contribution in [-0.4, -0.2) is 12.1 Å². The number of hydrogen-bond donors (Lipinski definition) is 2. The van der Waals surface area contributed by atoms with Crippen molar-refractivity contribution in [3.05, 3.63) is 101 Å². The third-order valence-electron chi connectivity index (χ3n) is 6.00. The van der Waals surface area contributed by atoms with E-state index in [9.17, 15) is 18.0 Å². The molecule has 5 rings (SSSR count). The lowest BCUT2D eigenvalue weighted by atomic mass is 9.78. The molecular weight excluding hydrogens is 429 g/mol. The molecule has 0 amide bonds. The van der Waals surface area contributed by atoms with Gasteiger partial charge in [0.1, 0.15) is 5.75 Å². The summed E-state index contributed by atoms with van der Waals surface area (Å²) in [6, 6.07) is 22.6. The first-order valence-electron chi connectivity index (χ1n) is 10.7. The van der Waals surface area contributed by atoms with Crippen molar-refractivity contribution in [2.75, 3.05) is 10.6 Å². The Bertz CT molecular complexity index is 1220. The van der Waals surface area contributed by atoms with Crippen molar-refractivity contribution < 1.29 is 22.7 Å². The number of Topliss-reactive ketones (excluding diaryl/α,β-unsaturated/α-hetero) is 1. The molecule has 4 nitrogen and oxygen atoms in total. The zero-order chi connectivity index (χ0) is 23.0. The number of halogens is 3. The molecule has 2 N–H and O–H groups in total. The van der Waals surface area contributed by atoms with E-state index in [-0.39, 0.29) is 17.5 Å². The van der Waals surface area contributed by atoms with E-state index in [0.29, 0.717) is 24.0 Å². The lowest BCUT2D eigenvalue weighted by Crippen LogP contribution is -2.27. The molecule has 0 saturated carbocycles. The predicted molar refractivity (Wildman–Crippen MR) is 120 cm³/mol. The number of hydrogen-bond acceptors (Lipinski definition) is 4. The number of carbonyl (C=O) groups excluding carboxylic acids is 1. The minimum absolute atomic E-state index is 0.0239. The van der Waals surface area contributed by atoms with Crippen LogP contribution in [0.2, 0.25) is 0 Å². The molecule has 0 saturated heterocycles. The number of carbonyl (C=O) groups is 1. The van der Waals surface area contributed by atoms with Crippen LogP contribution < -0.4 is 15.4 Å². The number of ketones is 1. The van der Waals surface area contributed by atoms with Crippen molar-refractivity contribution in [3.8, 4) is 5.75 Å². The van der Waals surface area contributed by atoms with Gasteiger partial charge in [-0.15, -0.1) is 13.2 Å². The van der Waals surface area contributed by atoms with Gasteiger partial charge < -0.3 is 15.4 Å². The van der Waals surface area contributed by atoms with Gasteiger partial charge in [0.25, 0.3) is 0 Å². The number of ether oxygens (including phenoxy) is 1. The maximum atomic E-state index is 13.5. The van der Waals surface area contributed by atoms with Gasteiger partial charge in [-0.05, 0) is 47.7 Å². The van der Waals surface area contributed by atoms with Crippen molar-refractivity contribution in [2.45, 2.75) is 31.2 Å². The smallest absolute Gasteiger partial charge is 0.406 e. The molecule has 1 aliphatic carbocycles. The van der Waals surface area contributed by atoms with Gasteiger partial charge in [0.15, 0.2) is 5.78 Å². The van der Waals surface area contributed by atoms with E-state index in [0.717, 1.165) is 22.6 Å². The van der Waals surface area contributed by atoms with Crippen LogP contribution in [0.15, 0.2) is 90.1 Å². The largest absolute Gasteiger partial charge is 0.573 e. The maximum absolute atomic E-state index is 13.5. The predicted octanol–water partition coefficient (Wildman–Crippen LogP) is 6.56. The fourth-order valence-corrected chi connectivity index (χ4v) is 4.59. The zero-order valence-electron chi connectivity index (χ0n) is 17.5. The molecule has 7 heteroatoms. The molecule has 3 aromatic carbocycles. The summed E-state index contributed by atoms with van der Waals surface area (Å²) in [6.07, 6.45) is -3.84. The highest BCUT2D eigenvalue weighted by Gasteiger charge is 2.36. The first-order valence-corrected chi connectivity index (χ1v) is 10.7. The third-order valence-corrected chi connectivity index (χ3v) is 6.00. The van der Waals surface area contributed by atoms with Gasteiger partial charge in [-0.25, -0.2) is 0 Å². The Morgan fingerprint density at radius 3 is 2.27 bits per heavy atom. The van der Waals surface area contributed by atoms with Crippen LogP contribution in [0, 0.1) is 0 Å². The number of alkyl halides is 3. The van der Waals surface area contributed by atoms with E-state index in [4.69, 9.17) is 0 Å². The van der Waals surface area contributed by atoms with Crippen LogP contribution in [0.25, 0.3) is 0 Å². The number of rotatable bonds is 3. The van der Waals surface area contributed by atoms with Crippen LogP contribution in [-0.2, 0) is 4.79 Å². The van der Waals surface area contributed by atoms with Crippen molar-refractivity contribution in [3.63, 3.8) is 0 Å². The zero-order valence-corrected chi connectivity index (χ0v) is 17.5. The average Bonchev–Trinajstić information content (AvgIpc) is 2.95. The Morgan fingerprint density at radius 1 is 0.818 bits per heavy atom. The molecule has 0 radical (unpaired) electrons. The quantitative estimate of drug-likeness (QED) is 0.474. The fourth-order valence-electron chi connectivity index (χ4n) is 4.59. The summed E-state index contributed by atoms with van der Waals surface area (Å²) in [5.74, 6) is -0.333. The molecule has 1 heterocycles. The van der Waals surface area contributed by atoms with Gasteiger partial charge in [0, 0.05) is 17.7 Å². The molecule has 33 heavy (non-hydrogen) atoms. The van der Waals surface area contributed by atoms with Gasteiger partial charge >= 0.3 is 6.36 Å². The van der Waals surface area contributed by atoms with Crippen LogP contribution in [0.1, 0.15) is 35.9 Å². The minimum Gasteiger partial charge on any atom is -0.406 e. The molecule has 0 unspecified atom stereocenters. The molecule has 2 aliphatic rings. The Kier molecular flexibility index (Phi) is 5.32. The number of allylic oxidation sites excluding steroid dienone is 1. The molecule has 1 aliphatic heterocycles. The average molecular weight is 450 g/mol. The molecule has 168 valence electrons. The van der Waals surface area contributed by atoms with Crippen molar-refractivity contribution in [1.29, 1.82) is 0 Å². The highest BCUT2D eigenvalue weighted by atomic mass is 19.4. The summed E-state index contributed by atoms with van der Waals surface area (Å²) in [7, 11) is 0. The lowest BCUT2D eigenvalue weighted by Gasteiger charge is -2.30. The highest BCUT2D eigenvalue weighted by Crippen LogP contribution is 2.44. The topological polar surface area (TPSA) is 50.4 Å². The van der Waals surface area contributed by atoms with Crippen molar-refractivity contribution >= 4 is 17.2 Å². The third kappa shape index (κ3) is 4.44. The summed E-state index contributed by atoms with van der Waals surface area (Å²) in [5.41, 5.74) is 4.52. The number of nitrogens with one attached hydrogen (secondary N) is 2.